The largest absolute Gasteiger partial charge is 0.496 e. The van der Waals surface area contributed by atoms with E-state index in [0.717, 1.165) is 0 Å². The number of halogens is 1. The first-order chi connectivity index (χ1) is 8.72. The van der Waals surface area contributed by atoms with Gasteiger partial charge in [-0.15, -0.1) is 10.2 Å². The molecule has 1 atom stereocenters. The molecule has 96 valence electrons. The molecule has 2 aromatic rings. The lowest BCUT2D eigenvalue weighted by Gasteiger charge is -2.17. The highest BCUT2D eigenvalue weighted by atomic mass is 19.1. The molecular formula is C11H14FN5O. The van der Waals surface area contributed by atoms with Crippen molar-refractivity contribution in [3.05, 3.63) is 35.4 Å². The van der Waals surface area contributed by atoms with Gasteiger partial charge in [-0.3, -0.25) is 0 Å². The second-order valence-electron chi connectivity index (χ2n) is 3.79. The molecule has 1 unspecified atom stereocenters. The summed E-state index contributed by atoms with van der Waals surface area (Å²) in [5.74, 6) is 0.739. The van der Waals surface area contributed by atoms with Gasteiger partial charge in [0.15, 0.2) is 5.82 Å². The Labute approximate surface area is 104 Å². The van der Waals surface area contributed by atoms with Crippen molar-refractivity contribution in [3.8, 4) is 5.75 Å². The number of methoxy groups -OCH3 is 1. The van der Waals surface area contributed by atoms with E-state index in [1.165, 1.54) is 13.2 Å². The molecule has 0 saturated heterocycles. The van der Waals surface area contributed by atoms with Crippen LogP contribution in [-0.2, 0) is 6.54 Å². The quantitative estimate of drug-likeness (QED) is 0.835. The molecule has 1 aromatic heterocycles. The summed E-state index contributed by atoms with van der Waals surface area (Å²) in [6, 6.07) is 4.53. The van der Waals surface area contributed by atoms with Crippen LogP contribution >= 0.6 is 0 Å². The van der Waals surface area contributed by atoms with E-state index in [1.54, 1.807) is 12.1 Å². The number of tetrazole rings is 1. The molecule has 0 radical (unpaired) electrons. The summed E-state index contributed by atoms with van der Waals surface area (Å²) >= 11 is 0. The van der Waals surface area contributed by atoms with Crippen LogP contribution in [-0.4, -0.2) is 27.7 Å². The van der Waals surface area contributed by atoms with Gasteiger partial charge < -0.3 is 10.1 Å². The fraction of sp³-hybridized carbons (Fsp3) is 0.364. The van der Waals surface area contributed by atoms with Gasteiger partial charge in [-0.2, -0.15) is 5.21 Å². The third-order valence-corrected chi connectivity index (χ3v) is 2.62. The molecule has 0 saturated carbocycles. The summed E-state index contributed by atoms with van der Waals surface area (Å²) in [5.41, 5.74) is 0.489. The lowest BCUT2D eigenvalue weighted by atomic mass is 10.1. The predicted octanol–water partition coefficient (Wildman–Crippen LogP) is 1.20. The summed E-state index contributed by atoms with van der Waals surface area (Å²) in [7, 11) is 1.52. The Morgan fingerprint density at radius 3 is 3.00 bits per heavy atom. The Balaban J connectivity index is 2.10. The number of nitrogens with one attached hydrogen (secondary N) is 2. The molecule has 0 aliphatic carbocycles. The Hall–Kier alpha value is -2.02. The van der Waals surface area contributed by atoms with E-state index < -0.39 is 0 Å². The standard InChI is InChI=1S/C11H14FN5O/c1-7(13-6-10-14-16-17-15-10)11-8(12)4-3-5-9(11)18-2/h3-5,7,13H,6H2,1-2H3,(H,14,15,16,17). The van der Waals surface area contributed by atoms with Crippen LogP contribution in [0.3, 0.4) is 0 Å². The molecule has 0 fully saturated rings. The Kier molecular flexibility index (Phi) is 3.83. The SMILES string of the molecule is COc1cccc(F)c1C(C)NCc1nn[nH]n1. The molecule has 2 rings (SSSR count). The van der Waals surface area contributed by atoms with Gasteiger partial charge in [-0.05, 0) is 19.1 Å². The van der Waals surface area contributed by atoms with Crippen molar-refractivity contribution in [1.82, 2.24) is 25.9 Å². The Morgan fingerprint density at radius 1 is 1.50 bits per heavy atom. The topological polar surface area (TPSA) is 75.7 Å². The molecule has 0 aliphatic heterocycles. The second kappa shape index (κ2) is 5.54. The number of nitrogens with zero attached hydrogens (tertiary/aromatic N) is 3. The first-order valence-corrected chi connectivity index (χ1v) is 5.50. The summed E-state index contributed by atoms with van der Waals surface area (Å²) in [6.07, 6.45) is 0. The third kappa shape index (κ3) is 2.62. The van der Waals surface area contributed by atoms with Crippen LogP contribution in [0.1, 0.15) is 24.4 Å². The highest BCUT2D eigenvalue weighted by Gasteiger charge is 2.16. The van der Waals surface area contributed by atoms with Gasteiger partial charge in [0.2, 0.25) is 0 Å². The molecule has 18 heavy (non-hydrogen) atoms. The molecule has 1 heterocycles. The van der Waals surface area contributed by atoms with Crippen LogP contribution in [0, 0.1) is 5.82 Å². The number of ether oxygens (including phenoxy) is 1. The van der Waals surface area contributed by atoms with Gasteiger partial charge in [0.25, 0.3) is 0 Å². The predicted molar refractivity (Wildman–Crippen MR) is 62.4 cm³/mol. The van der Waals surface area contributed by atoms with Gasteiger partial charge in [0.1, 0.15) is 11.6 Å². The van der Waals surface area contributed by atoms with Crippen molar-refractivity contribution in [1.29, 1.82) is 0 Å². The second-order valence-corrected chi connectivity index (χ2v) is 3.79. The first-order valence-electron chi connectivity index (χ1n) is 5.50. The molecule has 7 heteroatoms. The summed E-state index contributed by atoms with van der Waals surface area (Å²) in [6.45, 7) is 2.25. The first kappa shape index (κ1) is 12.4. The Bertz CT molecular complexity index is 502. The van der Waals surface area contributed by atoms with Crippen molar-refractivity contribution in [2.24, 2.45) is 0 Å². The smallest absolute Gasteiger partial charge is 0.188 e. The van der Waals surface area contributed by atoms with E-state index in [0.29, 0.717) is 23.7 Å². The van der Waals surface area contributed by atoms with Gasteiger partial charge >= 0.3 is 0 Å². The van der Waals surface area contributed by atoms with Crippen LogP contribution in [0.4, 0.5) is 4.39 Å². The van der Waals surface area contributed by atoms with Crippen molar-refractivity contribution in [2.45, 2.75) is 19.5 Å². The van der Waals surface area contributed by atoms with Gasteiger partial charge in [-0.1, -0.05) is 11.3 Å². The van der Waals surface area contributed by atoms with Crippen LogP contribution in [0.5, 0.6) is 5.75 Å². The van der Waals surface area contributed by atoms with E-state index in [-0.39, 0.29) is 11.9 Å². The fourth-order valence-electron chi connectivity index (χ4n) is 1.72. The maximum Gasteiger partial charge on any atom is 0.188 e. The van der Waals surface area contributed by atoms with Crippen LogP contribution < -0.4 is 10.1 Å². The van der Waals surface area contributed by atoms with Crippen molar-refractivity contribution >= 4 is 0 Å². The van der Waals surface area contributed by atoms with Crippen LogP contribution in [0.25, 0.3) is 0 Å². The van der Waals surface area contributed by atoms with E-state index >= 15 is 0 Å². The molecule has 0 aliphatic rings. The lowest BCUT2D eigenvalue weighted by Crippen LogP contribution is -2.20. The monoisotopic (exact) mass is 251 g/mol. The normalized spacial score (nSPS) is 12.4. The Morgan fingerprint density at radius 2 is 2.33 bits per heavy atom. The van der Waals surface area contributed by atoms with E-state index in [2.05, 4.69) is 25.9 Å². The zero-order valence-electron chi connectivity index (χ0n) is 10.1. The fourth-order valence-corrected chi connectivity index (χ4v) is 1.72. The zero-order chi connectivity index (χ0) is 13.0. The van der Waals surface area contributed by atoms with Crippen molar-refractivity contribution < 1.29 is 9.13 Å². The average Bonchev–Trinajstić information content (AvgIpc) is 2.88. The molecule has 0 bridgehead atoms. The van der Waals surface area contributed by atoms with Crippen molar-refractivity contribution in [3.63, 3.8) is 0 Å². The van der Waals surface area contributed by atoms with Crippen molar-refractivity contribution in [2.75, 3.05) is 7.11 Å². The van der Waals surface area contributed by atoms with Gasteiger partial charge in [0.05, 0.1) is 13.7 Å². The molecule has 0 spiro atoms. The average molecular weight is 251 g/mol. The maximum atomic E-state index is 13.8. The lowest BCUT2D eigenvalue weighted by molar-refractivity contribution is 0.393. The summed E-state index contributed by atoms with van der Waals surface area (Å²) < 4.78 is 18.9. The minimum atomic E-state index is -0.303. The third-order valence-electron chi connectivity index (χ3n) is 2.62. The van der Waals surface area contributed by atoms with Gasteiger partial charge in [-0.25, -0.2) is 4.39 Å². The van der Waals surface area contributed by atoms with Gasteiger partial charge in [0, 0.05) is 11.6 Å². The minimum Gasteiger partial charge on any atom is -0.496 e. The number of hydrogen-bond acceptors (Lipinski definition) is 5. The number of aromatic amines is 1. The van der Waals surface area contributed by atoms with E-state index in [1.807, 2.05) is 6.92 Å². The zero-order valence-corrected chi connectivity index (χ0v) is 10.1. The van der Waals surface area contributed by atoms with E-state index in [9.17, 15) is 4.39 Å². The molecular weight excluding hydrogens is 237 g/mol. The summed E-state index contributed by atoms with van der Waals surface area (Å²) in [5, 5.41) is 16.5. The minimum absolute atomic E-state index is 0.223. The summed E-state index contributed by atoms with van der Waals surface area (Å²) in [4.78, 5) is 0. The van der Waals surface area contributed by atoms with Crippen LogP contribution in [0.2, 0.25) is 0 Å². The molecule has 2 N–H and O–H groups in total. The number of rotatable bonds is 5. The number of hydrogen-bond donors (Lipinski definition) is 2. The van der Waals surface area contributed by atoms with E-state index in [4.69, 9.17) is 4.74 Å². The molecule has 1 aromatic carbocycles. The van der Waals surface area contributed by atoms with Crippen LogP contribution in [0.15, 0.2) is 18.2 Å². The number of aromatic nitrogens is 4. The molecule has 6 nitrogen and oxygen atoms in total. The number of benzene rings is 1. The number of H-pyrrole nitrogens is 1. The highest BCUT2D eigenvalue weighted by molar-refractivity contribution is 5.36. The molecule has 0 amide bonds. The highest BCUT2D eigenvalue weighted by Crippen LogP contribution is 2.27. The maximum absolute atomic E-state index is 13.8.